The molecule has 0 unspecified atom stereocenters. The molecule has 0 aromatic carbocycles. The summed E-state index contributed by atoms with van der Waals surface area (Å²) >= 11 is 0. The van der Waals surface area contributed by atoms with E-state index >= 15 is 0 Å². The van der Waals surface area contributed by atoms with Crippen molar-refractivity contribution in [3.05, 3.63) is 30.1 Å². The molecule has 29 heavy (non-hydrogen) atoms. The molecule has 2 aliphatic heterocycles. The summed E-state index contributed by atoms with van der Waals surface area (Å²) in [7, 11) is -1.62. The van der Waals surface area contributed by atoms with Gasteiger partial charge in [0.15, 0.2) is 0 Å². The molecule has 1 N–H and O–H groups in total. The number of piperidine rings is 1. The number of sulfonamides is 1. The van der Waals surface area contributed by atoms with Gasteiger partial charge in [0.05, 0.1) is 0 Å². The minimum atomic E-state index is -3.37. The van der Waals surface area contributed by atoms with Crippen molar-refractivity contribution < 1.29 is 13.2 Å². The van der Waals surface area contributed by atoms with Gasteiger partial charge in [0.1, 0.15) is 10.9 Å². The molecule has 4 rings (SSSR count). The molecule has 0 saturated carbocycles. The molecular weight excluding hydrogens is 390 g/mol. The summed E-state index contributed by atoms with van der Waals surface area (Å²) in [4.78, 5) is 23.1. The third-order valence-corrected chi connectivity index (χ3v) is 8.58. The van der Waals surface area contributed by atoms with E-state index in [9.17, 15) is 13.2 Å². The summed E-state index contributed by atoms with van der Waals surface area (Å²) < 4.78 is 27.6. The maximum absolute atomic E-state index is 13.0. The first kappa shape index (κ1) is 20.2. The Morgan fingerprint density at radius 3 is 2.62 bits per heavy atom. The van der Waals surface area contributed by atoms with Crippen LogP contribution in [0.3, 0.4) is 0 Å². The highest BCUT2D eigenvalue weighted by Crippen LogP contribution is 2.34. The van der Waals surface area contributed by atoms with Crippen LogP contribution in [0, 0.1) is 0 Å². The monoisotopic (exact) mass is 419 g/mol. The quantitative estimate of drug-likeness (QED) is 0.823. The van der Waals surface area contributed by atoms with Gasteiger partial charge in [0.25, 0.3) is 0 Å². The minimum absolute atomic E-state index is 0.0943. The average molecular weight is 420 g/mol. The van der Waals surface area contributed by atoms with E-state index in [4.69, 9.17) is 0 Å². The summed E-state index contributed by atoms with van der Waals surface area (Å²) in [6.45, 7) is 5.50. The molecule has 0 aliphatic carbocycles. The summed E-state index contributed by atoms with van der Waals surface area (Å²) in [6.07, 6.45) is 5.37. The highest BCUT2D eigenvalue weighted by Gasteiger charge is 2.44. The van der Waals surface area contributed by atoms with E-state index in [1.54, 1.807) is 27.3 Å². The lowest BCUT2D eigenvalue weighted by atomic mass is 9.90. The van der Waals surface area contributed by atoms with Crippen molar-refractivity contribution in [3.63, 3.8) is 0 Å². The molecule has 4 heterocycles. The van der Waals surface area contributed by atoms with Gasteiger partial charge in [-0.1, -0.05) is 0 Å². The van der Waals surface area contributed by atoms with Crippen molar-refractivity contribution in [2.24, 2.45) is 0 Å². The van der Waals surface area contributed by atoms with Gasteiger partial charge in [-0.2, -0.15) is 0 Å². The average Bonchev–Trinajstić information content (AvgIpc) is 3.10. The summed E-state index contributed by atoms with van der Waals surface area (Å²) in [5, 5.41) is 0.636. The Hall–Kier alpha value is -2.13. The second kappa shape index (κ2) is 7.60. The summed E-state index contributed by atoms with van der Waals surface area (Å²) in [6, 6.07) is 3.99. The van der Waals surface area contributed by atoms with Gasteiger partial charge in [-0.3, -0.25) is 0 Å². The maximum Gasteiger partial charge on any atom is 0.320 e. The number of carbonyl (C=O) groups is 1. The number of hydrogen-bond donors (Lipinski definition) is 1. The van der Waals surface area contributed by atoms with Crippen molar-refractivity contribution in [3.8, 4) is 0 Å². The predicted molar refractivity (Wildman–Crippen MR) is 112 cm³/mol. The second-order valence-corrected chi connectivity index (χ2v) is 10.6. The number of likely N-dealkylation sites (tertiary alicyclic amines) is 1. The fourth-order valence-corrected chi connectivity index (χ4v) is 6.05. The molecule has 0 spiro atoms. The van der Waals surface area contributed by atoms with Gasteiger partial charge in [-0.05, 0) is 50.3 Å². The van der Waals surface area contributed by atoms with Crippen molar-refractivity contribution in [1.82, 2.24) is 24.1 Å². The number of hydrogen-bond acceptors (Lipinski definition) is 4. The number of aromatic amines is 1. The second-order valence-electron chi connectivity index (χ2n) is 8.38. The van der Waals surface area contributed by atoms with Crippen LogP contribution in [0.1, 0.15) is 38.2 Å². The zero-order chi connectivity index (χ0) is 20.8. The topological polar surface area (TPSA) is 89.6 Å². The molecule has 2 saturated heterocycles. The lowest BCUT2D eigenvalue weighted by Crippen LogP contribution is -2.62. The SMILES string of the molecule is CC(C)N(C)C(=O)N1CC(S(=O)(=O)N2CCC(c3c[nH]c4ncccc34)CC2)C1. The smallest absolute Gasteiger partial charge is 0.320 e. The van der Waals surface area contributed by atoms with E-state index in [1.807, 2.05) is 26.1 Å². The highest BCUT2D eigenvalue weighted by atomic mass is 32.2. The van der Waals surface area contributed by atoms with Gasteiger partial charge in [-0.15, -0.1) is 0 Å². The molecule has 2 aromatic heterocycles. The number of pyridine rings is 1. The maximum atomic E-state index is 13.0. The number of amides is 2. The van der Waals surface area contributed by atoms with Crippen LogP contribution in [0.5, 0.6) is 0 Å². The molecule has 2 fully saturated rings. The minimum Gasteiger partial charge on any atom is -0.346 e. The Morgan fingerprint density at radius 2 is 1.97 bits per heavy atom. The number of nitrogens with one attached hydrogen (secondary N) is 1. The van der Waals surface area contributed by atoms with Crippen LogP contribution in [0.25, 0.3) is 11.0 Å². The van der Waals surface area contributed by atoms with Crippen molar-refractivity contribution in [2.45, 2.75) is 43.9 Å². The van der Waals surface area contributed by atoms with Crippen molar-refractivity contribution >= 4 is 27.1 Å². The lowest BCUT2D eigenvalue weighted by Gasteiger charge is -2.44. The fourth-order valence-electron chi connectivity index (χ4n) is 4.17. The number of fused-ring (bicyclic) bond motifs is 1. The molecule has 2 amide bonds. The third-order valence-electron chi connectivity index (χ3n) is 6.35. The molecule has 9 heteroatoms. The van der Waals surface area contributed by atoms with E-state index in [-0.39, 0.29) is 25.2 Å². The van der Waals surface area contributed by atoms with Crippen LogP contribution in [-0.4, -0.2) is 83.0 Å². The molecule has 2 aliphatic rings. The lowest BCUT2D eigenvalue weighted by molar-refractivity contribution is 0.126. The molecular formula is C20H29N5O3S. The number of urea groups is 1. The standard InChI is InChI=1S/C20H29N5O3S/c1-14(2)23(3)20(26)24-12-16(13-24)29(27,28)25-9-6-15(7-10-25)18-11-22-19-17(18)5-4-8-21-19/h4-5,8,11,14-16H,6-7,9-10,12-13H2,1-3H3,(H,21,22). The van der Waals surface area contributed by atoms with E-state index in [0.29, 0.717) is 19.0 Å². The van der Waals surface area contributed by atoms with Gasteiger partial charge in [0.2, 0.25) is 10.0 Å². The molecule has 158 valence electrons. The van der Waals surface area contributed by atoms with Crippen LogP contribution in [-0.2, 0) is 10.0 Å². The normalized spacial score (nSPS) is 19.7. The molecule has 0 bridgehead atoms. The molecule has 8 nitrogen and oxygen atoms in total. The number of carbonyl (C=O) groups excluding carboxylic acids is 1. The molecule has 0 atom stereocenters. The van der Waals surface area contributed by atoms with Crippen molar-refractivity contribution in [1.29, 1.82) is 0 Å². The van der Waals surface area contributed by atoms with Crippen LogP contribution >= 0.6 is 0 Å². The van der Waals surface area contributed by atoms with Gasteiger partial charge in [-0.25, -0.2) is 22.5 Å². The third kappa shape index (κ3) is 3.61. The first-order valence-corrected chi connectivity index (χ1v) is 11.7. The van der Waals surface area contributed by atoms with Gasteiger partial charge in [0, 0.05) is 57.0 Å². The fraction of sp³-hybridized carbons (Fsp3) is 0.600. The van der Waals surface area contributed by atoms with Crippen LogP contribution < -0.4 is 0 Å². The van der Waals surface area contributed by atoms with Gasteiger partial charge < -0.3 is 14.8 Å². The predicted octanol–water partition coefficient (Wildman–Crippen LogP) is 2.22. The Morgan fingerprint density at radius 1 is 1.28 bits per heavy atom. The van der Waals surface area contributed by atoms with E-state index < -0.39 is 15.3 Å². The van der Waals surface area contributed by atoms with E-state index in [0.717, 1.165) is 23.9 Å². The zero-order valence-corrected chi connectivity index (χ0v) is 18.0. The van der Waals surface area contributed by atoms with Crippen molar-refractivity contribution in [2.75, 3.05) is 33.2 Å². The van der Waals surface area contributed by atoms with Crippen LogP contribution in [0.4, 0.5) is 4.79 Å². The number of rotatable bonds is 4. The summed E-state index contributed by atoms with van der Waals surface area (Å²) in [5.41, 5.74) is 2.10. The molecule has 0 radical (unpaired) electrons. The Kier molecular flexibility index (Phi) is 5.29. The van der Waals surface area contributed by atoms with Crippen LogP contribution in [0.15, 0.2) is 24.5 Å². The summed E-state index contributed by atoms with van der Waals surface area (Å²) in [5.74, 6) is 0.332. The van der Waals surface area contributed by atoms with E-state index in [2.05, 4.69) is 16.0 Å². The van der Waals surface area contributed by atoms with E-state index in [1.165, 1.54) is 5.56 Å². The Balaban J connectivity index is 1.36. The molecule has 2 aromatic rings. The highest BCUT2D eigenvalue weighted by molar-refractivity contribution is 7.89. The Labute approximate surface area is 171 Å². The van der Waals surface area contributed by atoms with Gasteiger partial charge >= 0.3 is 6.03 Å². The largest absolute Gasteiger partial charge is 0.346 e. The number of nitrogens with zero attached hydrogens (tertiary/aromatic N) is 4. The first-order valence-electron chi connectivity index (χ1n) is 10.2. The number of H-pyrrole nitrogens is 1. The van der Waals surface area contributed by atoms with Crippen LogP contribution in [0.2, 0.25) is 0 Å². The zero-order valence-electron chi connectivity index (χ0n) is 17.2. The Bertz CT molecular complexity index is 988. The first-order chi connectivity index (χ1) is 13.8. The number of aromatic nitrogens is 2.